The van der Waals surface area contributed by atoms with E-state index in [4.69, 9.17) is 0 Å². The van der Waals surface area contributed by atoms with Gasteiger partial charge in [-0.25, -0.2) is 4.79 Å². The maximum absolute atomic E-state index is 12.8. The minimum absolute atomic E-state index is 0.0276. The van der Waals surface area contributed by atoms with Gasteiger partial charge in [0.05, 0.1) is 12.5 Å². The Hall–Kier alpha value is -1.51. The molecule has 3 amide bonds. The van der Waals surface area contributed by atoms with E-state index in [1.54, 1.807) is 4.90 Å². The van der Waals surface area contributed by atoms with Crippen LogP contribution in [0.5, 0.6) is 0 Å². The van der Waals surface area contributed by atoms with Gasteiger partial charge in [0.25, 0.3) is 0 Å². The molecule has 1 aliphatic carbocycles. The van der Waals surface area contributed by atoms with Crippen molar-refractivity contribution in [2.24, 2.45) is 5.92 Å². The van der Waals surface area contributed by atoms with Crippen LogP contribution in [-0.4, -0.2) is 73.2 Å². The second kappa shape index (κ2) is 8.73. The normalized spacial score (nSPS) is 25.5. The third-order valence-electron chi connectivity index (χ3n) is 4.86. The number of amides is 3. The number of halogens is 3. The maximum atomic E-state index is 12.8. The van der Waals surface area contributed by atoms with Crippen LogP contribution >= 0.6 is 0 Å². The Morgan fingerprint density at radius 1 is 1.12 bits per heavy atom. The highest BCUT2D eigenvalue weighted by Crippen LogP contribution is 2.37. The third-order valence-corrected chi connectivity index (χ3v) is 4.86. The third kappa shape index (κ3) is 6.05. The SMILES string of the molecule is CCNC(=O)N1CCN(CC(=O)NC2CCCC(C(F)(F)F)C2)CC1. The largest absolute Gasteiger partial charge is 0.391 e. The zero-order valence-electron chi connectivity index (χ0n) is 14.6. The van der Waals surface area contributed by atoms with E-state index in [1.807, 2.05) is 11.8 Å². The molecule has 0 bridgehead atoms. The van der Waals surface area contributed by atoms with Crippen LogP contribution in [0, 0.1) is 5.92 Å². The summed E-state index contributed by atoms with van der Waals surface area (Å²) in [5, 5.41) is 5.49. The summed E-state index contributed by atoms with van der Waals surface area (Å²) in [6.07, 6.45) is -2.97. The molecule has 1 aliphatic heterocycles. The highest BCUT2D eigenvalue weighted by Gasteiger charge is 2.42. The van der Waals surface area contributed by atoms with Gasteiger partial charge >= 0.3 is 12.2 Å². The van der Waals surface area contributed by atoms with Gasteiger partial charge in [-0.1, -0.05) is 6.42 Å². The zero-order valence-corrected chi connectivity index (χ0v) is 14.6. The lowest BCUT2D eigenvalue weighted by Gasteiger charge is -2.35. The molecule has 1 heterocycles. The van der Waals surface area contributed by atoms with Crippen molar-refractivity contribution in [1.82, 2.24) is 20.4 Å². The number of hydrogen-bond acceptors (Lipinski definition) is 3. The summed E-state index contributed by atoms with van der Waals surface area (Å²) >= 11 is 0. The van der Waals surface area contributed by atoms with Crippen LogP contribution in [0.3, 0.4) is 0 Å². The first-order chi connectivity index (χ1) is 11.8. The molecule has 144 valence electrons. The smallest absolute Gasteiger partial charge is 0.352 e. The number of piperazine rings is 1. The monoisotopic (exact) mass is 364 g/mol. The van der Waals surface area contributed by atoms with E-state index >= 15 is 0 Å². The minimum atomic E-state index is -4.18. The molecule has 0 spiro atoms. The van der Waals surface area contributed by atoms with Gasteiger partial charge in [-0.15, -0.1) is 0 Å². The highest BCUT2D eigenvalue weighted by molar-refractivity contribution is 5.78. The molecule has 9 heteroatoms. The van der Waals surface area contributed by atoms with Crippen LogP contribution in [0.4, 0.5) is 18.0 Å². The fraction of sp³-hybridized carbons (Fsp3) is 0.875. The van der Waals surface area contributed by atoms with Crippen LogP contribution < -0.4 is 10.6 Å². The number of carbonyl (C=O) groups excluding carboxylic acids is 2. The summed E-state index contributed by atoms with van der Waals surface area (Å²) in [4.78, 5) is 27.5. The zero-order chi connectivity index (χ0) is 18.4. The summed E-state index contributed by atoms with van der Waals surface area (Å²) in [7, 11) is 0. The molecule has 2 rings (SSSR count). The molecule has 25 heavy (non-hydrogen) atoms. The average Bonchev–Trinajstić information content (AvgIpc) is 2.55. The molecule has 1 saturated heterocycles. The molecule has 2 N–H and O–H groups in total. The Bertz CT molecular complexity index is 465. The number of urea groups is 1. The van der Waals surface area contributed by atoms with Crippen molar-refractivity contribution in [1.29, 1.82) is 0 Å². The lowest BCUT2D eigenvalue weighted by molar-refractivity contribution is -0.184. The van der Waals surface area contributed by atoms with Crippen LogP contribution in [0.25, 0.3) is 0 Å². The minimum Gasteiger partial charge on any atom is -0.352 e. The van der Waals surface area contributed by atoms with Gasteiger partial charge in [0.1, 0.15) is 0 Å². The van der Waals surface area contributed by atoms with E-state index in [0.29, 0.717) is 45.6 Å². The average molecular weight is 364 g/mol. The Kier molecular flexibility index (Phi) is 6.92. The lowest BCUT2D eigenvalue weighted by Crippen LogP contribution is -2.54. The topological polar surface area (TPSA) is 64.7 Å². The number of carbonyl (C=O) groups is 2. The van der Waals surface area contributed by atoms with Crippen molar-refractivity contribution in [2.45, 2.75) is 44.8 Å². The molecular weight excluding hydrogens is 337 g/mol. The van der Waals surface area contributed by atoms with Crippen LogP contribution in [0.2, 0.25) is 0 Å². The number of nitrogens with zero attached hydrogens (tertiary/aromatic N) is 2. The van der Waals surface area contributed by atoms with E-state index in [-0.39, 0.29) is 31.3 Å². The Labute approximate surface area is 146 Å². The summed E-state index contributed by atoms with van der Waals surface area (Å²) < 4.78 is 38.5. The number of alkyl halides is 3. The quantitative estimate of drug-likeness (QED) is 0.796. The molecule has 2 unspecified atom stereocenters. The molecular formula is C16H27F3N4O2. The number of nitrogens with one attached hydrogen (secondary N) is 2. The number of rotatable bonds is 4. The Morgan fingerprint density at radius 3 is 2.40 bits per heavy atom. The Balaban J connectivity index is 1.71. The van der Waals surface area contributed by atoms with Gasteiger partial charge in [-0.05, 0) is 26.2 Å². The van der Waals surface area contributed by atoms with E-state index in [1.165, 1.54) is 0 Å². The van der Waals surface area contributed by atoms with E-state index in [2.05, 4.69) is 10.6 Å². The molecule has 2 aliphatic rings. The summed E-state index contributed by atoms with van der Waals surface area (Å²) in [5.74, 6) is -1.55. The van der Waals surface area contributed by atoms with Gasteiger partial charge in [0.2, 0.25) is 5.91 Å². The summed E-state index contributed by atoms with van der Waals surface area (Å²) in [6.45, 7) is 4.84. The predicted molar refractivity (Wildman–Crippen MR) is 87.0 cm³/mol. The molecule has 0 radical (unpaired) electrons. The molecule has 0 aromatic carbocycles. The first-order valence-electron chi connectivity index (χ1n) is 8.90. The van der Waals surface area contributed by atoms with Crippen LogP contribution in [0.1, 0.15) is 32.6 Å². The fourth-order valence-electron chi connectivity index (χ4n) is 3.47. The maximum Gasteiger partial charge on any atom is 0.391 e. The standard InChI is InChI=1S/C16H27F3N4O2/c1-2-20-15(25)23-8-6-22(7-9-23)11-14(24)21-13-5-3-4-12(10-13)16(17,18)19/h12-13H,2-11H2,1H3,(H,20,25)(H,21,24). The van der Waals surface area contributed by atoms with Gasteiger partial charge in [-0.3, -0.25) is 9.69 Å². The first kappa shape index (κ1) is 19.8. The second-order valence-corrected chi connectivity index (χ2v) is 6.77. The summed E-state index contributed by atoms with van der Waals surface area (Å²) in [5.41, 5.74) is 0. The van der Waals surface area contributed by atoms with Gasteiger partial charge < -0.3 is 15.5 Å². The van der Waals surface area contributed by atoms with Gasteiger partial charge in [0.15, 0.2) is 0 Å². The van der Waals surface area contributed by atoms with Crippen molar-refractivity contribution in [3.8, 4) is 0 Å². The first-order valence-corrected chi connectivity index (χ1v) is 8.90. The molecule has 2 atom stereocenters. The van der Waals surface area contributed by atoms with Crippen molar-refractivity contribution < 1.29 is 22.8 Å². The van der Waals surface area contributed by atoms with Crippen molar-refractivity contribution in [3.05, 3.63) is 0 Å². The van der Waals surface area contributed by atoms with Crippen molar-refractivity contribution >= 4 is 11.9 Å². The molecule has 0 aromatic rings. The lowest BCUT2D eigenvalue weighted by atomic mass is 9.85. The molecule has 1 saturated carbocycles. The van der Waals surface area contributed by atoms with Crippen LogP contribution in [0.15, 0.2) is 0 Å². The van der Waals surface area contributed by atoms with Crippen molar-refractivity contribution in [3.63, 3.8) is 0 Å². The number of hydrogen-bond donors (Lipinski definition) is 2. The predicted octanol–water partition coefficient (Wildman–Crippen LogP) is 1.57. The second-order valence-electron chi connectivity index (χ2n) is 6.77. The summed E-state index contributed by atoms with van der Waals surface area (Å²) in [6, 6.07) is -0.503. The molecule has 2 fully saturated rings. The van der Waals surface area contributed by atoms with Crippen molar-refractivity contribution in [2.75, 3.05) is 39.3 Å². The highest BCUT2D eigenvalue weighted by atomic mass is 19.4. The van der Waals surface area contributed by atoms with Crippen LogP contribution in [-0.2, 0) is 4.79 Å². The van der Waals surface area contributed by atoms with E-state index in [0.717, 1.165) is 0 Å². The van der Waals surface area contributed by atoms with E-state index in [9.17, 15) is 22.8 Å². The van der Waals surface area contributed by atoms with Gasteiger partial charge in [-0.2, -0.15) is 13.2 Å². The molecule has 0 aromatic heterocycles. The molecule has 6 nitrogen and oxygen atoms in total. The fourth-order valence-corrected chi connectivity index (χ4v) is 3.47. The Morgan fingerprint density at radius 2 is 1.80 bits per heavy atom. The van der Waals surface area contributed by atoms with Gasteiger partial charge in [0, 0.05) is 38.8 Å². The van der Waals surface area contributed by atoms with E-state index < -0.39 is 18.1 Å².